The van der Waals surface area contributed by atoms with Crippen molar-refractivity contribution >= 4 is 37.5 Å². The van der Waals surface area contributed by atoms with E-state index in [0.29, 0.717) is 5.69 Å². The summed E-state index contributed by atoms with van der Waals surface area (Å²) in [5.41, 5.74) is 7.89. The van der Waals surface area contributed by atoms with Crippen molar-refractivity contribution in [2.75, 3.05) is 10.5 Å². The van der Waals surface area contributed by atoms with Gasteiger partial charge >= 0.3 is 0 Å². The van der Waals surface area contributed by atoms with Crippen LogP contribution in [0.3, 0.4) is 0 Å². The molecule has 0 amide bonds. The van der Waals surface area contributed by atoms with Crippen LogP contribution in [0.2, 0.25) is 0 Å². The van der Waals surface area contributed by atoms with E-state index in [2.05, 4.69) is 30.8 Å². The predicted octanol–water partition coefficient (Wildman–Crippen LogP) is 2.17. The molecule has 0 atom stereocenters. The Morgan fingerprint density at radius 2 is 1.89 bits per heavy atom. The van der Waals surface area contributed by atoms with Crippen LogP contribution in [0.5, 0.6) is 0 Å². The number of anilines is 2. The number of benzene rings is 1. The third-order valence-corrected chi connectivity index (χ3v) is 5.27. The molecule has 0 saturated carbocycles. The largest absolute Gasteiger partial charge is 0.383 e. The summed E-state index contributed by atoms with van der Waals surface area (Å²) in [6.07, 6.45) is 1.18. The number of hydrogen-bond donors (Lipinski definition) is 3. The fraction of sp³-hybridized carbons (Fsp3) is 0.182. The second kappa shape index (κ2) is 4.86. The minimum absolute atomic E-state index is 0.0121. The Hall–Kier alpha value is -1.54. The van der Waals surface area contributed by atoms with Gasteiger partial charge in [0.15, 0.2) is 0 Å². The maximum Gasteiger partial charge on any atom is 0.267 e. The Morgan fingerprint density at radius 3 is 2.37 bits per heavy atom. The zero-order chi connectivity index (χ0) is 14.2. The van der Waals surface area contributed by atoms with Crippen molar-refractivity contribution < 1.29 is 8.42 Å². The zero-order valence-corrected chi connectivity index (χ0v) is 12.8. The fourth-order valence-corrected chi connectivity index (χ4v) is 3.01. The maximum absolute atomic E-state index is 12.1. The standard InChI is InChI=1S/C11H13BrN4O2S/c1-6-3-8(4-7(2)10(6)12)16-19(17,18)9-5-14-15-11(9)13/h3-5,16H,1-2H3,(H3,13,14,15). The van der Waals surface area contributed by atoms with Crippen molar-refractivity contribution in [2.45, 2.75) is 18.7 Å². The van der Waals surface area contributed by atoms with E-state index in [1.165, 1.54) is 6.20 Å². The normalized spacial score (nSPS) is 11.5. The minimum atomic E-state index is -3.73. The first-order valence-electron chi connectivity index (χ1n) is 5.39. The smallest absolute Gasteiger partial charge is 0.267 e. The Labute approximate surface area is 119 Å². The van der Waals surface area contributed by atoms with E-state index < -0.39 is 10.0 Å². The third kappa shape index (κ3) is 2.74. The van der Waals surface area contributed by atoms with Gasteiger partial charge in [-0.1, -0.05) is 15.9 Å². The number of nitrogens with zero attached hydrogens (tertiary/aromatic N) is 1. The molecule has 0 aliphatic rings. The number of rotatable bonds is 3. The number of aromatic nitrogens is 2. The summed E-state index contributed by atoms with van der Waals surface area (Å²) in [6, 6.07) is 3.48. The number of H-pyrrole nitrogens is 1. The molecule has 0 radical (unpaired) electrons. The van der Waals surface area contributed by atoms with E-state index in [-0.39, 0.29) is 10.7 Å². The van der Waals surface area contributed by atoms with Crippen molar-refractivity contribution in [1.82, 2.24) is 10.2 Å². The van der Waals surface area contributed by atoms with Crippen LogP contribution in [0.15, 0.2) is 27.7 Å². The first kappa shape index (κ1) is 13.9. The number of nitrogens with one attached hydrogen (secondary N) is 2. The molecule has 4 N–H and O–H groups in total. The number of hydrogen-bond acceptors (Lipinski definition) is 4. The molecule has 0 unspecified atom stereocenters. The lowest BCUT2D eigenvalue weighted by molar-refractivity contribution is 0.601. The number of nitrogens with two attached hydrogens (primary N) is 1. The summed E-state index contributed by atoms with van der Waals surface area (Å²) in [5.74, 6) is 0.0121. The number of aryl methyl sites for hydroxylation is 2. The molecule has 0 aliphatic heterocycles. The van der Waals surface area contributed by atoms with Gasteiger partial charge in [0.05, 0.1) is 6.20 Å². The number of nitrogen functional groups attached to an aromatic ring is 1. The molecule has 0 spiro atoms. The first-order valence-corrected chi connectivity index (χ1v) is 7.67. The summed E-state index contributed by atoms with van der Waals surface area (Å²) < 4.78 is 27.7. The van der Waals surface area contributed by atoms with Gasteiger partial charge in [0.25, 0.3) is 10.0 Å². The van der Waals surface area contributed by atoms with E-state index in [1.54, 1.807) is 12.1 Å². The molecule has 0 fully saturated rings. The van der Waals surface area contributed by atoms with Crippen molar-refractivity contribution in [2.24, 2.45) is 0 Å². The lowest BCUT2D eigenvalue weighted by atomic mass is 10.1. The van der Waals surface area contributed by atoms with Crippen molar-refractivity contribution in [1.29, 1.82) is 0 Å². The van der Waals surface area contributed by atoms with E-state index >= 15 is 0 Å². The highest BCUT2D eigenvalue weighted by atomic mass is 79.9. The quantitative estimate of drug-likeness (QED) is 0.794. The molecular formula is C11H13BrN4O2S. The molecule has 1 heterocycles. The molecule has 19 heavy (non-hydrogen) atoms. The van der Waals surface area contributed by atoms with Crippen LogP contribution >= 0.6 is 15.9 Å². The highest BCUT2D eigenvalue weighted by Gasteiger charge is 2.19. The summed E-state index contributed by atoms with van der Waals surface area (Å²) >= 11 is 3.43. The average molecular weight is 345 g/mol. The summed E-state index contributed by atoms with van der Waals surface area (Å²) in [4.78, 5) is -0.0641. The fourth-order valence-electron chi connectivity index (χ4n) is 1.71. The summed E-state index contributed by atoms with van der Waals surface area (Å²) in [6.45, 7) is 3.78. The molecule has 2 aromatic rings. The first-order chi connectivity index (χ1) is 8.81. The summed E-state index contributed by atoms with van der Waals surface area (Å²) in [7, 11) is -3.73. The van der Waals surface area contributed by atoms with Gasteiger partial charge in [0, 0.05) is 10.2 Å². The molecule has 2 rings (SSSR count). The van der Waals surface area contributed by atoms with Gasteiger partial charge in [-0.2, -0.15) is 5.10 Å². The summed E-state index contributed by atoms with van der Waals surface area (Å²) in [5, 5.41) is 6.00. The van der Waals surface area contributed by atoms with Gasteiger partial charge in [0.1, 0.15) is 10.7 Å². The second-order valence-electron chi connectivity index (χ2n) is 4.18. The second-order valence-corrected chi connectivity index (χ2v) is 6.62. The van der Waals surface area contributed by atoms with Crippen molar-refractivity contribution in [3.05, 3.63) is 33.9 Å². The predicted molar refractivity (Wildman–Crippen MR) is 77.4 cm³/mol. The highest BCUT2D eigenvalue weighted by Crippen LogP contribution is 2.27. The highest BCUT2D eigenvalue weighted by molar-refractivity contribution is 9.10. The van der Waals surface area contributed by atoms with Gasteiger partial charge < -0.3 is 5.73 Å². The number of sulfonamides is 1. The molecule has 0 aliphatic carbocycles. The lowest BCUT2D eigenvalue weighted by Crippen LogP contribution is -2.14. The molecule has 102 valence electrons. The third-order valence-electron chi connectivity index (χ3n) is 2.61. The van der Waals surface area contributed by atoms with E-state index in [1.807, 2.05) is 13.8 Å². The topological polar surface area (TPSA) is 101 Å². The average Bonchev–Trinajstić information content (AvgIpc) is 2.72. The molecule has 8 heteroatoms. The zero-order valence-electron chi connectivity index (χ0n) is 10.4. The number of halogens is 1. The molecule has 0 saturated heterocycles. The van der Waals surface area contributed by atoms with Crippen LogP contribution in [0.4, 0.5) is 11.5 Å². The van der Waals surface area contributed by atoms with Gasteiger partial charge in [-0.25, -0.2) is 8.42 Å². The maximum atomic E-state index is 12.1. The number of aromatic amines is 1. The van der Waals surface area contributed by atoms with Crippen molar-refractivity contribution in [3.8, 4) is 0 Å². The van der Waals surface area contributed by atoms with E-state index in [4.69, 9.17) is 5.73 Å². The molecular weight excluding hydrogens is 332 g/mol. The van der Waals surface area contributed by atoms with Crippen LogP contribution < -0.4 is 10.5 Å². The SMILES string of the molecule is Cc1cc(NS(=O)(=O)c2cn[nH]c2N)cc(C)c1Br. The van der Waals surface area contributed by atoms with Gasteiger partial charge in [0.2, 0.25) is 0 Å². The monoisotopic (exact) mass is 344 g/mol. The van der Waals surface area contributed by atoms with Gasteiger partial charge in [-0.3, -0.25) is 9.82 Å². The van der Waals surface area contributed by atoms with E-state index in [0.717, 1.165) is 15.6 Å². The van der Waals surface area contributed by atoms with Crippen LogP contribution in [0.1, 0.15) is 11.1 Å². The minimum Gasteiger partial charge on any atom is -0.383 e. The Kier molecular flexibility index (Phi) is 3.55. The van der Waals surface area contributed by atoms with Gasteiger partial charge in [-0.15, -0.1) is 0 Å². The van der Waals surface area contributed by atoms with Crippen LogP contribution in [0, 0.1) is 13.8 Å². The molecule has 0 bridgehead atoms. The molecule has 1 aromatic heterocycles. The van der Waals surface area contributed by atoms with Gasteiger partial charge in [-0.05, 0) is 37.1 Å². The van der Waals surface area contributed by atoms with Crippen LogP contribution in [-0.2, 0) is 10.0 Å². The Bertz CT molecular complexity index is 701. The van der Waals surface area contributed by atoms with E-state index in [9.17, 15) is 8.42 Å². The molecule has 6 nitrogen and oxygen atoms in total. The Balaban J connectivity index is 2.39. The van der Waals surface area contributed by atoms with Crippen molar-refractivity contribution in [3.63, 3.8) is 0 Å². The molecule has 1 aromatic carbocycles. The lowest BCUT2D eigenvalue weighted by Gasteiger charge is -2.10. The van der Waals surface area contributed by atoms with Crippen LogP contribution in [0.25, 0.3) is 0 Å². The van der Waals surface area contributed by atoms with Crippen LogP contribution in [-0.4, -0.2) is 18.6 Å². The Morgan fingerprint density at radius 1 is 1.32 bits per heavy atom.